The molecule has 2 heterocycles. The average Bonchev–Trinajstić information content (AvgIpc) is 2.94. The molecule has 2 atom stereocenters. The summed E-state index contributed by atoms with van der Waals surface area (Å²) in [7, 11) is 0. The molecule has 0 saturated heterocycles. The van der Waals surface area contributed by atoms with Crippen molar-refractivity contribution in [3.63, 3.8) is 0 Å². The monoisotopic (exact) mass is 323 g/mol. The molecule has 2 aromatic heterocycles. The van der Waals surface area contributed by atoms with Crippen molar-refractivity contribution in [3.05, 3.63) is 53.5 Å². The zero-order valence-electron chi connectivity index (χ0n) is 13.4. The first-order valence-corrected chi connectivity index (χ1v) is 7.84. The summed E-state index contributed by atoms with van der Waals surface area (Å²) in [5.74, 6) is 1.15. The van der Waals surface area contributed by atoms with Crippen LogP contribution in [0.2, 0.25) is 0 Å². The van der Waals surface area contributed by atoms with Crippen LogP contribution in [-0.2, 0) is 4.79 Å². The summed E-state index contributed by atoms with van der Waals surface area (Å²) in [6.07, 6.45) is 2.41. The SMILES string of the molecule is Cc1cccc(C)c1-n1nnnc1NC(=O)[C@@H]1C[C@H]1c1ccco1. The van der Waals surface area contributed by atoms with E-state index in [1.54, 1.807) is 10.9 Å². The van der Waals surface area contributed by atoms with Gasteiger partial charge in [0.15, 0.2) is 0 Å². The molecule has 4 rings (SSSR count). The highest BCUT2D eigenvalue weighted by atomic mass is 16.3. The molecule has 1 fully saturated rings. The molecule has 1 saturated carbocycles. The number of carbonyl (C=O) groups excluding carboxylic acids is 1. The Morgan fingerprint density at radius 2 is 2.04 bits per heavy atom. The number of furan rings is 1. The van der Waals surface area contributed by atoms with Gasteiger partial charge in [0.25, 0.3) is 5.95 Å². The Morgan fingerprint density at radius 3 is 2.75 bits per heavy atom. The Morgan fingerprint density at radius 1 is 1.25 bits per heavy atom. The van der Waals surface area contributed by atoms with E-state index >= 15 is 0 Å². The summed E-state index contributed by atoms with van der Waals surface area (Å²) in [5, 5.41) is 14.5. The summed E-state index contributed by atoms with van der Waals surface area (Å²) in [6, 6.07) is 9.70. The number of rotatable bonds is 4. The predicted octanol–water partition coefficient (Wildman–Crippen LogP) is 2.61. The molecule has 3 aromatic rings. The second kappa shape index (κ2) is 5.59. The number of benzene rings is 1. The van der Waals surface area contributed by atoms with Crippen LogP contribution in [0.5, 0.6) is 0 Å². The molecule has 1 amide bonds. The smallest absolute Gasteiger partial charge is 0.254 e. The van der Waals surface area contributed by atoms with E-state index < -0.39 is 0 Å². The number of aromatic nitrogens is 4. The molecule has 0 aliphatic heterocycles. The van der Waals surface area contributed by atoms with Crippen molar-refractivity contribution in [1.82, 2.24) is 20.2 Å². The Bertz CT molecular complexity index is 864. The lowest BCUT2D eigenvalue weighted by atomic mass is 10.1. The lowest BCUT2D eigenvalue weighted by molar-refractivity contribution is -0.117. The topological polar surface area (TPSA) is 85.8 Å². The maximum atomic E-state index is 12.5. The predicted molar refractivity (Wildman–Crippen MR) is 86.8 cm³/mol. The number of hydrogen-bond acceptors (Lipinski definition) is 5. The van der Waals surface area contributed by atoms with Crippen molar-refractivity contribution in [1.29, 1.82) is 0 Å². The zero-order chi connectivity index (χ0) is 16.7. The molecule has 1 N–H and O–H groups in total. The van der Waals surface area contributed by atoms with Crippen molar-refractivity contribution in [3.8, 4) is 5.69 Å². The summed E-state index contributed by atoms with van der Waals surface area (Å²) < 4.78 is 6.95. The van der Waals surface area contributed by atoms with Crippen molar-refractivity contribution >= 4 is 11.9 Å². The fourth-order valence-corrected chi connectivity index (χ4v) is 3.06. The van der Waals surface area contributed by atoms with E-state index in [1.807, 2.05) is 44.2 Å². The highest BCUT2D eigenvalue weighted by Gasteiger charge is 2.46. The Labute approximate surface area is 138 Å². The minimum Gasteiger partial charge on any atom is -0.469 e. The van der Waals surface area contributed by atoms with Gasteiger partial charge >= 0.3 is 0 Å². The van der Waals surface area contributed by atoms with Crippen LogP contribution >= 0.6 is 0 Å². The molecule has 1 aromatic carbocycles. The summed E-state index contributed by atoms with van der Waals surface area (Å²) in [5.41, 5.74) is 2.96. The number of para-hydroxylation sites is 1. The first kappa shape index (κ1) is 14.6. The maximum absolute atomic E-state index is 12.5. The van der Waals surface area contributed by atoms with Crippen LogP contribution in [0.15, 0.2) is 41.0 Å². The van der Waals surface area contributed by atoms with Crippen molar-refractivity contribution in [2.75, 3.05) is 5.32 Å². The van der Waals surface area contributed by atoms with Gasteiger partial charge in [-0.2, -0.15) is 4.68 Å². The largest absolute Gasteiger partial charge is 0.469 e. The van der Waals surface area contributed by atoms with Gasteiger partial charge in [-0.15, -0.1) is 0 Å². The van der Waals surface area contributed by atoms with E-state index in [0.717, 1.165) is 29.0 Å². The average molecular weight is 323 g/mol. The molecule has 1 aliphatic rings. The molecule has 0 bridgehead atoms. The van der Waals surface area contributed by atoms with Gasteiger partial charge in [-0.25, -0.2) is 0 Å². The molecule has 1 aliphatic carbocycles. The van der Waals surface area contributed by atoms with Gasteiger partial charge in [0.05, 0.1) is 12.0 Å². The third kappa shape index (κ3) is 2.47. The first-order chi connectivity index (χ1) is 11.6. The molecule has 0 spiro atoms. The molecule has 0 radical (unpaired) electrons. The van der Waals surface area contributed by atoms with Crippen LogP contribution in [0, 0.1) is 19.8 Å². The van der Waals surface area contributed by atoms with Gasteiger partial charge in [0, 0.05) is 11.8 Å². The van der Waals surface area contributed by atoms with E-state index in [-0.39, 0.29) is 17.7 Å². The number of nitrogens with one attached hydrogen (secondary N) is 1. The van der Waals surface area contributed by atoms with E-state index in [9.17, 15) is 4.79 Å². The van der Waals surface area contributed by atoms with Gasteiger partial charge in [-0.3, -0.25) is 10.1 Å². The number of hydrogen-bond donors (Lipinski definition) is 1. The van der Waals surface area contributed by atoms with Gasteiger partial charge in [-0.1, -0.05) is 23.3 Å². The maximum Gasteiger partial charge on any atom is 0.254 e. The van der Waals surface area contributed by atoms with E-state index in [2.05, 4.69) is 20.8 Å². The third-order valence-electron chi connectivity index (χ3n) is 4.39. The molecule has 24 heavy (non-hydrogen) atoms. The number of amides is 1. The van der Waals surface area contributed by atoms with Gasteiger partial charge in [0.2, 0.25) is 5.91 Å². The van der Waals surface area contributed by atoms with Crippen LogP contribution in [0.1, 0.15) is 29.2 Å². The van der Waals surface area contributed by atoms with Gasteiger partial charge in [-0.05, 0) is 54.0 Å². The molecular weight excluding hydrogens is 306 g/mol. The Hall–Kier alpha value is -2.96. The van der Waals surface area contributed by atoms with Crippen molar-refractivity contribution in [2.24, 2.45) is 5.92 Å². The fraction of sp³-hybridized carbons (Fsp3) is 0.294. The first-order valence-electron chi connectivity index (χ1n) is 7.84. The standard InChI is InChI=1S/C17H17N5O2/c1-10-5-3-6-11(2)15(10)22-17(19-20-21-22)18-16(23)13-9-12(13)14-7-4-8-24-14/h3-8,12-13H,9H2,1-2H3,(H,18,19,21,23)/t12-,13-/m1/s1. The van der Waals surface area contributed by atoms with Crippen molar-refractivity contribution in [2.45, 2.75) is 26.2 Å². The Balaban J connectivity index is 1.55. The lowest BCUT2D eigenvalue weighted by Gasteiger charge is -2.11. The van der Waals surface area contributed by atoms with Crippen molar-refractivity contribution < 1.29 is 9.21 Å². The zero-order valence-corrected chi connectivity index (χ0v) is 13.4. The fourth-order valence-electron chi connectivity index (χ4n) is 3.06. The van der Waals surface area contributed by atoms with E-state index in [1.165, 1.54) is 0 Å². The van der Waals surface area contributed by atoms with Crippen LogP contribution < -0.4 is 5.32 Å². The highest BCUT2D eigenvalue weighted by molar-refractivity contribution is 5.94. The molecule has 7 heteroatoms. The molecule has 122 valence electrons. The van der Waals surface area contributed by atoms with Crippen LogP contribution in [0.3, 0.4) is 0 Å². The molecule has 7 nitrogen and oxygen atoms in total. The van der Waals surface area contributed by atoms with Gasteiger partial charge < -0.3 is 4.42 Å². The third-order valence-corrected chi connectivity index (χ3v) is 4.39. The molecular formula is C17H17N5O2. The molecule has 0 unspecified atom stereocenters. The minimum atomic E-state index is -0.0979. The summed E-state index contributed by atoms with van der Waals surface area (Å²) in [4.78, 5) is 12.5. The van der Waals surface area contributed by atoms with Crippen LogP contribution in [-0.4, -0.2) is 26.1 Å². The van der Waals surface area contributed by atoms with Gasteiger partial charge in [0.1, 0.15) is 5.76 Å². The highest BCUT2D eigenvalue weighted by Crippen LogP contribution is 2.48. The van der Waals surface area contributed by atoms with E-state index in [0.29, 0.717) is 5.95 Å². The second-order valence-corrected chi connectivity index (χ2v) is 6.11. The summed E-state index contributed by atoms with van der Waals surface area (Å²) >= 11 is 0. The van der Waals surface area contributed by atoms with Crippen LogP contribution in [0.25, 0.3) is 5.69 Å². The number of anilines is 1. The number of nitrogens with zero attached hydrogens (tertiary/aromatic N) is 4. The number of aryl methyl sites for hydroxylation is 2. The normalized spacial score (nSPS) is 19.2. The number of carbonyl (C=O) groups is 1. The minimum absolute atomic E-state index is 0.0845. The van der Waals surface area contributed by atoms with E-state index in [4.69, 9.17) is 4.42 Å². The lowest BCUT2D eigenvalue weighted by Crippen LogP contribution is -2.18. The van der Waals surface area contributed by atoms with Crippen LogP contribution in [0.4, 0.5) is 5.95 Å². The number of tetrazole rings is 1. The Kier molecular flexibility index (Phi) is 3.41. The summed E-state index contributed by atoms with van der Waals surface area (Å²) in [6.45, 7) is 3.98. The quantitative estimate of drug-likeness (QED) is 0.797. The second-order valence-electron chi connectivity index (χ2n) is 6.11.